The molecule has 2 atom stereocenters. The van der Waals surface area contributed by atoms with E-state index in [9.17, 15) is 14.3 Å². The maximum absolute atomic E-state index is 13.0. The van der Waals surface area contributed by atoms with Gasteiger partial charge in [0.25, 0.3) is 0 Å². The van der Waals surface area contributed by atoms with Gasteiger partial charge in [0.1, 0.15) is 6.17 Å². The summed E-state index contributed by atoms with van der Waals surface area (Å²) in [5.41, 5.74) is 0. The van der Waals surface area contributed by atoms with Crippen molar-refractivity contribution >= 4 is 5.97 Å². The minimum atomic E-state index is -0.647. The first-order valence-electron chi connectivity index (χ1n) is 7.97. The fourth-order valence-corrected chi connectivity index (χ4v) is 3.13. The van der Waals surface area contributed by atoms with Crippen LogP contribution in [0, 0.1) is 11.8 Å². The molecule has 0 aromatic heterocycles. The highest BCUT2D eigenvalue weighted by molar-refractivity contribution is 5.68. The van der Waals surface area contributed by atoms with E-state index in [0.717, 1.165) is 38.5 Å². The lowest BCUT2D eigenvalue weighted by atomic mass is 9.70. The SMILES string of the molecule is CCCC(C(O)CCCCCC(=O)OC)C1CC(F)C1. The Labute approximate surface area is 121 Å². The summed E-state index contributed by atoms with van der Waals surface area (Å²) in [7, 11) is 1.40. The van der Waals surface area contributed by atoms with Crippen LogP contribution in [0.4, 0.5) is 4.39 Å². The maximum atomic E-state index is 13.0. The molecule has 0 spiro atoms. The quantitative estimate of drug-likeness (QED) is 0.493. The molecular formula is C16H29FO3. The second-order valence-corrected chi connectivity index (χ2v) is 6.02. The predicted molar refractivity (Wildman–Crippen MR) is 77.1 cm³/mol. The molecule has 1 saturated carbocycles. The third-order valence-corrected chi connectivity index (χ3v) is 4.45. The number of carbonyl (C=O) groups is 1. The first kappa shape index (κ1) is 17.4. The van der Waals surface area contributed by atoms with E-state index < -0.39 is 6.17 Å². The Morgan fingerprint density at radius 2 is 2.00 bits per heavy atom. The van der Waals surface area contributed by atoms with Crippen molar-refractivity contribution in [2.75, 3.05) is 7.11 Å². The van der Waals surface area contributed by atoms with Crippen LogP contribution in [0.1, 0.15) is 64.7 Å². The molecule has 0 radical (unpaired) electrons. The molecular weight excluding hydrogens is 259 g/mol. The van der Waals surface area contributed by atoms with Gasteiger partial charge in [-0.2, -0.15) is 0 Å². The van der Waals surface area contributed by atoms with Gasteiger partial charge < -0.3 is 9.84 Å². The van der Waals surface area contributed by atoms with Crippen molar-refractivity contribution in [2.24, 2.45) is 11.8 Å². The van der Waals surface area contributed by atoms with Crippen LogP contribution in [-0.2, 0) is 9.53 Å². The second-order valence-electron chi connectivity index (χ2n) is 6.02. The number of alkyl halides is 1. The minimum Gasteiger partial charge on any atom is -0.469 e. The molecule has 1 rings (SSSR count). The van der Waals surface area contributed by atoms with E-state index in [1.807, 2.05) is 0 Å². The van der Waals surface area contributed by atoms with Crippen LogP contribution in [0.15, 0.2) is 0 Å². The van der Waals surface area contributed by atoms with Crippen molar-refractivity contribution in [3.8, 4) is 0 Å². The van der Waals surface area contributed by atoms with Crippen LogP contribution in [0.5, 0.6) is 0 Å². The van der Waals surface area contributed by atoms with Gasteiger partial charge in [0.2, 0.25) is 0 Å². The second kappa shape index (κ2) is 9.32. The smallest absolute Gasteiger partial charge is 0.305 e. The Morgan fingerprint density at radius 3 is 2.55 bits per heavy atom. The zero-order valence-corrected chi connectivity index (χ0v) is 12.8. The number of methoxy groups -OCH3 is 1. The Kier molecular flexibility index (Phi) is 8.12. The molecule has 20 heavy (non-hydrogen) atoms. The molecule has 0 aromatic rings. The lowest BCUT2D eigenvalue weighted by Crippen LogP contribution is -2.37. The maximum Gasteiger partial charge on any atom is 0.305 e. The standard InChI is InChI=1S/C16H29FO3/c1-3-7-14(12-10-13(17)11-12)15(18)8-5-4-6-9-16(19)20-2/h12-15,18H,3-11H2,1-2H3. The third-order valence-electron chi connectivity index (χ3n) is 4.45. The summed E-state index contributed by atoms with van der Waals surface area (Å²) in [5, 5.41) is 10.3. The average molecular weight is 288 g/mol. The van der Waals surface area contributed by atoms with Crippen molar-refractivity contribution < 1.29 is 19.0 Å². The van der Waals surface area contributed by atoms with Gasteiger partial charge in [-0.15, -0.1) is 0 Å². The molecule has 1 fully saturated rings. The molecule has 1 N–H and O–H groups in total. The molecule has 1 aliphatic rings. The summed E-state index contributed by atoms with van der Waals surface area (Å²) < 4.78 is 17.6. The van der Waals surface area contributed by atoms with Gasteiger partial charge in [-0.05, 0) is 43.9 Å². The van der Waals surface area contributed by atoms with Gasteiger partial charge >= 0.3 is 5.97 Å². The van der Waals surface area contributed by atoms with Gasteiger partial charge in [-0.25, -0.2) is 4.39 Å². The Morgan fingerprint density at radius 1 is 1.30 bits per heavy atom. The summed E-state index contributed by atoms with van der Waals surface area (Å²) in [6.07, 6.45) is 6.21. The van der Waals surface area contributed by atoms with E-state index in [1.165, 1.54) is 7.11 Å². The van der Waals surface area contributed by atoms with Crippen LogP contribution in [0.25, 0.3) is 0 Å². The summed E-state index contributed by atoms with van der Waals surface area (Å²) in [6.45, 7) is 2.11. The van der Waals surface area contributed by atoms with E-state index in [2.05, 4.69) is 11.7 Å². The molecule has 0 amide bonds. The van der Waals surface area contributed by atoms with E-state index in [1.54, 1.807) is 0 Å². The van der Waals surface area contributed by atoms with Gasteiger partial charge in [-0.1, -0.05) is 26.2 Å². The van der Waals surface area contributed by atoms with Crippen LogP contribution in [0.3, 0.4) is 0 Å². The highest BCUT2D eigenvalue weighted by atomic mass is 19.1. The largest absolute Gasteiger partial charge is 0.469 e. The number of halogens is 1. The number of ether oxygens (including phenoxy) is 1. The number of aliphatic hydroxyl groups excluding tert-OH is 1. The summed E-state index contributed by atoms with van der Waals surface area (Å²) >= 11 is 0. The van der Waals surface area contributed by atoms with Crippen molar-refractivity contribution in [3.05, 3.63) is 0 Å². The molecule has 1 aliphatic carbocycles. The molecule has 118 valence electrons. The fourth-order valence-electron chi connectivity index (χ4n) is 3.13. The van der Waals surface area contributed by atoms with E-state index in [-0.39, 0.29) is 18.0 Å². The van der Waals surface area contributed by atoms with Crippen LogP contribution in [0.2, 0.25) is 0 Å². The number of carbonyl (C=O) groups excluding carboxylic acids is 1. The van der Waals surface area contributed by atoms with Crippen molar-refractivity contribution in [1.29, 1.82) is 0 Å². The molecule has 2 unspecified atom stereocenters. The molecule has 0 bridgehead atoms. The zero-order chi connectivity index (χ0) is 15.0. The van der Waals surface area contributed by atoms with Crippen LogP contribution < -0.4 is 0 Å². The highest BCUT2D eigenvalue weighted by Gasteiger charge is 2.37. The minimum absolute atomic E-state index is 0.169. The summed E-state index contributed by atoms with van der Waals surface area (Å²) in [6, 6.07) is 0. The van der Waals surface area contributed by atoms with Crippen LogP contribution >= 0.6 is 0 Å². The Hall–Kier alpha value is -0.640. The molecule has 0 aliphatic heterocycles. The van der Waals surface area contributed by atoms with E-state index >= 15 is 0 Å². The molecule has 0 aromatic carbocycles. The average Bonchev–Trinajstić information content (AvgIpc) is 2.40. The monoisotopic (exact) mass is 288 g/mol. The van der Waals surface area contributed by atoms with Crippen molar-refractivity contribution in [2.45, 2.75) is 77.0 Å². The van der Waals surface area contributed by atoms with Crippen molar-refractivity contribution in [3.63, 3.8) is 0 Å². The highest BCUT2D eigenvalue weighted by Crippen LogP contribution is 2.40. The lowest BCUT2D eigenvalue weighted by molar-refractivity contribution is -0.140. The number of aliphatic hydroxyl groups is 1. The van der Waals surface area contributed by atoms with E-state index in [4.69, 9.17) is 0 Å². The fraction of sp³-hybridized carbons (Fsp3) is 0.938. The molecule has 3 nitrogen and oxygen atoms in total. The molecule has 0 saturated heterocycles. The molecule has 4 heteroatoms. The zero-order valence-electron chi connectivity index (χ0n) is 12.8. The topological polar surface area (TPSA) is 46.5 Å². The van der Waals surface area contributed by atoms with Gasteiger partial charge in [-0.3, -0.25) is 4.79 Å². The number of unbranched alkanes of at least 4 members (excludes halogenated alkanes) is 2. The van der Waals surface area contributed by atoms with Gasteiger partial charge in [0.05, 0.1) is 13.2 Å². The summed E-state index contributed by atoms with van der Waals surface area (Å²) in [4.78, 5) is 11.0. The van der Waals surface area contributed by atoms with Gasteiger partial charge in [0, 0.05) is 6.42 Å². The third kappa shape index (κ3) is 5.78. The lowest BCUT2D eigenvalue weighted by Gasteiger charge is -2.39. The van der Waals surface area contributed by atoms with Gasteiger partial charge in [0.15, 0.2) is 0 Å². The van der Waals surface area contributed by atoms with E-state index in [0.29, 0.717) is 25.2 Å². The normalized spacial score (nSPS) is 24.8. The first-order valence-corrected chi connectivity index (χ1v) is 7.97. The molecule has 0 heterocycles. The number of esters is 1. The van der Waals surface area contributed by atoms with Crippen LogP contribution in [-0.4, -0.2) is 30.5 Å². The number of hydrogen-bond donors (Lipinski definition) is 1. The summed E-state index contributed by atoms with van der Waals surface area (Å²) in [5.74, 6) is 0.459. The Bertz CT molecular complexity index is 277. The van der Waals surface area contributed by atoms with Crippen molar-refractivity contribution in [1.82, 2.24) is 0 Å². The number of hydrogen-bond acceptors (Lipinski definition) is 3. The Balaban J connectivity index is 2.18. The number of rotatable bonds is 10. The first-order chi connectivity index (χ1) is 9.58. The predicted octanol–water partition coefficient (Wildman–Crippen LogP) is 3.64.